The summed E-state index contributed by atoms with van der Waals surface area (Å²) in [7, 11) is 0. The van der Waals surface area contributed by atoms with Crippen LogP contribution in [0.5, 0.6) is 0 Å². The van der Waals surface area contributed by atoms with E-state index in [0.717, 1.165) is 21.8 Å². The van der Waals surface area contributed by atoms with Crippen LogP contribution in [0.2, 0.25) is 0 Å². The molecule has 19 heavy (non-hydrogen) atoms. The molecule has 0 unspecified atom stereocenters. The third kappa shape index (κ3) is 2.91. The average molecular weight is 264 g/mol. The maximum absolute atomic E-state index is 9.27. The Hall–Kier alpha value is -2.36. The van der Waals surface area contributed by atoms with Crippen LogP contribution in [-0.2, 0) is 0 Å². The second-order valence-electron chi connectivity index (χ2n) is 3.84. The van der Waals surface area contributed by atoms with E-state index in [0.29, 0.717) is 5.56 Å². The summed E-state index contributed by atoms with van der Waals surface area (Å²) in [4.78, 5) is 0.959. The maximum atomic E-state index is 9.27. The molecule has 0 amide bonds. The third-order valence-electron chi connectivity index (χ3n) is 2.67. The Morgan fingerprint density at radius 3 is 2.68 bits per heavy atom. The van der Waals surface area contributed by atoms with Crippen molar-refractivity contribution in [1.82, 2.24) is 0 Å². The van der Waals surface area contributed by atoms with Crippen molar-refractivity contribution in [2.24, 2.45) is 0 Å². The van der Waals surface area contributed by atoms with E-state index < -0.39 is 0 Å². The summed E-state index contributed by atoms with van der Waals surface area (Å²) in [6.45, 7) is 0. The van der Waals surface area contributed by atoms with Crippen molar-refractivity contribution in [3.05, 3.63) is 53.6 Å². The second-order valence-corrected chi connectivity index (χ2v) is 4.69. The number of anilines is 2. The minimum atomic E-state index is 0.654. The first kappa shape index (κ1) is 13.1. The number of hydrogen-bond acceptors (Lipinski definition) is 3. The summed E-state index contributed by atoms with van der Waals surface area (Å²) in [5.41, 5.74) is 3.14. The van der Waals surface area contributed by atoms with E-state index in [1.807, 2.05) is 48.7 Å². The Balaban J connectivity index is 2.39. The van der Waals surface area contributed by atoms with Crippen LogP contribution in [0, 0.1) is 23.7 Å². The fourth-order valence-corrected chi connectivity index (χ4v) is 2.34. The lowest BCUT2D eigenvalue weighted by atomic mass is 10.1. The first-order chi connectivity index (χ1) is 9.28. The quantitative estimate of drug-likeness (QED) is 0.672. The molecule has 0 bridgehead atoms. The molecule has 2 aromatic rings. The lowest BCUT2D eigenvalue weighted by Gasteiger charge is -2.10. The molecule has 0 atom stereocenters. The molecule has 0 saturated carbocycles. The molecule has 2 nitrogen and oxygen atoms in total. The van der Waals surface area contributed by atoms with Gasteiger partial charge in [-0.15, -0.1) is 18.2 Å². The largest absolute Gasteiger partial charge is 0.354 e. The van der Waals surface area contributed by atoms with Crippen molar-refractivity contribution in [2.45, 2.75) is 4.90 Å². The summed E-state index contributed by atoms with van der Waals surface area (Å²) < 4.78 is 0. The highest BCUT2D eigenvalue weighted by Crippen LogP contribution is 2.28. The van der Waals surface area contributed by atoms with Crippen molar-refractivity contribution < 1.29 is 0 Å². The lowest BCUT2D eigenvalue weighted by molar-refractivity contribution is 1.36. The van der Waals surface area contributed by atoms with Gasteiger partial charge in [-0.05, 0) is 36.6 Å². The number of nitrogens with one attached hydrogen (secondary N) is 1. The fourth-order valence-electron chi connectivity index (χ4n) is 1.76. The predicted octanol–water partition coefficient (Wildman–Crippen LogP) is 4.01. The molecule has 92 valence electrons. The Morgan fingerprint density at radius 2 is 2.00 bits per heavy atom. The summed E-state index contributed by atoms with van der Waals surface area (Å²) in [6.07, 6.45) is 7.34. The van der Waals surface area contributed by atoms with Gasteiger partial charge in [0.2, 0.25) is 0 Å². The topological polar surface area (TPSA) is 35.8 Å². The van der Waals surface area contributed by atoms with Gasteiger partial charge in [-0.2, -0.15) is 5.26 Å². The zero-order chi connectivity index (χ0) is 13.7. The Kier molecular flexibility index (Phi) is 4.13. The molecular weight excluding hydrogens is 252 g/mol. The van der Waals surface area contributed by atoms with E-state index in [1.165, 1.54) is 0 Å². The van der Waals surface area contributed by atoms with E-state index in [9.17, 15) is 5.26 Å². The highest BCUT2D eigenvalue weighted by molar-refractivity contribution is 7.98. The van der Waals surface area contributed by atoms with Crippen LogP contribution in [0.15, 0.2) is 47.4 Å². The van der Waals surface area contributed by atoms with Crippen LogP contribution in [-0.4, -0.2) is 6.26 Å². The zero-order valence-electron chi connectivity index (χ0n) is 10.5. The lowest BCUT2D eigenvalue weighted by Crippen LogP contribution is -1.95. The Morgan fingerprint density at radius 1 is 1.21 bits per heavy atom. The molecule has 2 rings (SSSR count). The Labute approximate surface area is 117 Å². The first-order valence-electron chi connectivity index (χ1n) is 5.69. The minimum absolute atomic E-state index is 0.654. The second kappa shape index (κ2) is 6.00. The number of hydrogen-bond donors (Lipinski definition) is 1. The summed E-state index contributed by atoms with van der Waals surface area (Å²) in [6, 6.07) is 15.6. The summed E-state index contributed by atoms with van der Waals surface area (Å²) in [5.74, 6) is 2.60. The Bertz CT molecular complexity index is 678. The number of terminal acetylenes is 1. The van der Waals surface area contributed by atoms with E-state index in [-0.39, 0.29) is 0 Å². The van der Waals surface area contributed by atoms with Crippen LogP contribution in [0.3, 0.4) is 0 Å². The zero-order valence-corrected chi connectivity index (χ0v) is 11.3. The van der Waals surface area contributed by atoms with E-state index in [4.69, 9.17) is 6.42 Å². The van der Waals surface area contributed by atoms with Crippen LogP contribution in [0.1, 0.15) is 11.1 Å². The van der Waals surface area contributed by atoms with Gasteiger partial charge in [0.1, 0.15) is 6.07 Å². The van der Waals surface area contributed by atoms with Gasteiger partial charge in [0.25, 0.3) is 0 Å². The van der Waals surface area contributed by atoms with Gasteiger partial charge >= 0.3 is 0 Å². The molecule has 0 spiro atoms. The van der Waals surface area contributed by atoms with Gasteiger partial charge < -0.3 is 5.32 Å². The third-order valence-corrected chi connectivity index (χ3v) is 3.45. The van der Waals surface area contributed by atoms with E-state index in [2.05, 4.69) is 17.3 Å². The molecule has 2 aromatic carbocycles. The molecule has 0 radical (unpaired) electrons. The van der Waals surface area contributed by atoms with Crippen molar-refractivity contribution in [2.75, 3.05) is 11.6 Å². The van der Waals surface area contributed by atoms with E-state index >= 15 is 0 Å². The standard InChI is InChI=1S/C16H12N2S/c1-3-12-6-4-7-13(10-12)18-15-8-5-9-16(19-2)14(15)11-17/h1,4-10,18H,2H3. The van der Waals surface area contributed by atoms with Gasteiger partial charge in [0, 0.05) is 16.1 Å². The molecule has 3 heteroatoms. The van der Waals surface area contributed by atoms with Gasteiger partial charge in [-0.3, -0.25) is 0 Å². The van der Waals surface area contributed by atoms with Gasteiger partial charge in [0.05, 0.1) is 11.3 Å². The normalized spacial score (nSPS) is 9.42. The molecule has 0 saturated heterocycles. The average Bonchev–Trinajstić information content (AvgIpc) is 2.47. The minimum Gasteiger partial charge on any atom is -0.354 e. The smallest absolute Gasteiger partial charge is 0.103 e. The molecule has 0 aliphatic carbocycles. The van der Waals surface area contributed by atoms with E-state index in [1.54, 1.807) is 11.8 Å². The number of nitriles is 1. The maximum Gasteiger partial charge on any atom is 0.103 e. The van der Waals surface area contributed by atoms with Gasteiger partial charge in [-0.1, -0.05) is 18.1 Å². The number of benzene rings is 2. The van der Waals surface area contributed by atoms with Crippen molar-refractivity contribution in [3.8, 4) is 18.4 Å². The fraction of sp³-hybridized carbons (Fsp3) is 0.0625. The molecule has 0 aliphatic heterocycles. The molecule has 0 fully saturated rings. The van der Waals surface area contributed by atoms with Crippen LogP contribution in [0.4, 0.5) is 11.4 Å². The number of thioether (sulfide) groups is 1. The van der Waals surface area contributed by atoms with Crippen LogP contribution >= 0.6 is 11.8 Å². The molecule has 1 N–H and O–H groups in total. The molecular formula is C16H12N2S. The monoisotopic (exact) mass is 264 g/mol. The van der Waals surface area contributed by atoms with Crippen molar-refractivity contribution in [3.63, 3.8) is 0 Å². The van der Waals surface area contributed by atoms with Crippen molar-refractivity contribution >= 4 is 23.1 Å². The molecule has 0 heterocycles. The highest BCUT2D eigenvalue weighted by atomic mass is 32.2. The van der Waals surface area contributed by atoms with Crippen LogP contribution < -0.4 is 5.32 Å². The SMILES string of the molecule is C#Cc1cccc(Nc2cccc(SC)c2C#N)c1. The van der Waals surface area contributed by atoms with Gasteiger partial charge in [0.15, 0.2) is 0 Å². The molecule has 0 aromatic heterocycles. The molecule has 0 aliphatic rings. The number of rotatable bonds is 3. The summed E-state index contributed by atoms with van der Waals surface area (Å²) in [5, 5.41) is 12.5. The first-order valence-corrected chi connectivity index (χ1v) is 6.91. The summed E-state index contributed by atoms with van der Waals surface area (Å²) >= 11 is 1.56. The van der Waals surface area contributed by atoms with Crippen molar-refractivity contribution in [1.29, 1.82) is 5.26 Å². The predicted molar refractivity (Wildman–Crippen MR) is 80.6 cm³/mol. The van der Waals surface area contributed by atoms with Gasteiger partial charge in [-0.25, -0.2) is 0 Å². The van der Waals surface area contributed by atoms with Crippen LogP contribution in [0.25, 0.3) is 0 Å². The highest BCUT2D eigenvalue weighted by Gasteiger charge is 2.07. The number of nitrogens with zero attached hydrogens (tertiary/aromatic N) is 1.